The van der Waals surface area contributed by atoms with Gasteiger partial charge >= 0.3 is 5.97 Å². The monoisotopic (exact) mass is 708 g/mol. The molecule has 1 aliphatic rings. The molecule has 1 aliphatic heterocycles. The van der Waals surface area contributed by atoms with Crippen molar-refractivity contribution in [3.63, 3.8) is 0 Å². The molecule has 0 N–H and O–H groups in total. The maximum atomic E-state index is 12.6. The first-order valence-electron chi connectivity index (χ1n) is 22.2. The van der Waals surface area contributed by atoms with Crippen molar-refractivity contribution < 1.29 is 19.1 Å². The van der Waals surface area contributed by atoms with Crippen molar-refractivity contribution in [3.05, 3.63) is 0 Å². The van der Waals surface area contributed by atoms with Crippen LogP contribution >= 0.6 is 0 Å². The van der Waals surface area contributed by atoms with Crippen molar-refractivity contribution in [1.82, 2.24) is 5.06 Å². The molecule has 0 aromatic heterocycles. The molecule has 5 heteroatoms. The third-order valence-corrected chi connectivity index (χ3v) is 11.3. The average molecular weight is 708 g/mol. The Kier molecular flexibility index (Phi) is 27.3. The average Bonchev–Trinajstić information content (AvgIpc) is 3.06. The Bertz CT molecular complexity index is 778. The van der Waals surface area contributed by atoms with Crippen LogP contribution in [0.2, 0.25) is 0 Å². The fourth-order valence-corrected chi connectivity index (χ4v) is 7.99. The third-order valence-electron chi connectivity index (χ3n) is 11.3. The number of rotatable bonds is 34. The van der Waals surface area contributed by atoms with Crippen molar-refractivity contribution in [2.24, 2.45) is 5.92 Å². The number of hydrogen-bond acceptors (Lipinski definition) is 5. The number of unbranched alkanes of at least 4 members (excludes halogenated alkanes) is 19. The van der Waals surface area contributed by atoms with Crippen LogP contribution in [-0.2, 0) is 19.1 Å². The first-order chi connectivity index (χ1) is 23.9. The Morgan fingerprint density at radius 1 is 0.620 bits per heavy atom. The predicted octanol–water partition coefficient (Wildman–Crippen LogP) is 14.1. The zero-order chi connectivity index (χ0) is 37.0. The van der Waals surface area contributed by atoms with Gasteiger partial charge in [-0.3, -0.25) is 4.79 Å². The van der Waals surface area contributed by atoms with Gasteiger partial charge < -0.3 is 14.3 Å². The van der Waals surface area contributed by atoms with E-state index in [-0.39, 0.29) is 22.6 Å². The first-order valence-corrected chi connectivity index (χ1v) is 22.2. The van der Waals surface area contributed by atoms with Gasteiger partial charge in [-0.05, 0) is 92.4 Å². The van der Waals surface area contributed by atoms with E-state index in [0.717, 1.165) is 51.2 Å². The van der Waals surface area contributed by atoms with E-state index in [1.165, 1.54) is 148 Å². The molecule has 1 rings (SSSR count). The van der Waals surface area contributed by atoms with E-state index in [2.05, 4.69) is 55.4 Å². The van der Waals surface area contributed by atoms with Gasteiger partial charge in [-0.1, -0.05) is 149 Å². The van der Waals surface area contributed by atoms with Crippen molar-refractivity contribution in [3.8, 4) is 0 Å². The van der Waals surface area contributed by atoms with E-state index in [0.29, 0.717) is 13.0 Å². The minimum absolute atomic E-state index is 0.0588. The standard InChI is InChI=1S/C45H89NO4/c1-9-11-12-13-14-15-16-17-18-19-20-24-27-30-39-49-45(7,8)40-48-38-31-34-41(10-2)33-28-25-22-21-23-26-29-35-42(47)50-46-43(3,4)36-32-37-44(46,5)6/h41H,9-40H2,1-8H3. The van der Waals surface area contributed by atoms with E-state index in [1.54, 1.807) is 0 Å². The number of carbonyl (C=O) groups is 1. The Labute approximate surface area is 313 Å². The number of hydrogen-bond donors (Lipinski definition) is 0. The van der Waals surface area contributed by atoms with Crippen LogP contribution in [0.3, 0.4) is 0 Å². The third kappa shape index (κ3) is 24.6. The molecule has 0 aliphatic carbocycles. The molecular formula is C45H89NO4. The topological polar surface area (TPSA) is 48.0 Å². The summed E-state index contributed by atoms with van der Waals surface area (Å²) in [6.45, 7) is 20.2. The molecule has 0 saturated carbocycles. The summed E-state index contributed by atoms with van der Waals surface area (Å²) in [5.74, 6) is 0.764. The van der Waals surface area contributed by atoms with Crippen LogP contribution in [0, 0.1) is 5.92 Å². The minimum atomic E-state index is -0.189. The number of piperidine rings is 1. The fourth-order valence-electron chi connectivity index (χ4n) is 7.99. The molecule has 0 aromatic rings. The predicted molar refractivity (Wildman–Crippen MR) is 216 cm³/mol. The molecule has 1 saturated heterocycles. The summed E-state index contributed by atoms with van der Waals surface area (Å²) in [5.41, 5.74) is -0.357. The highest BCUT2D eigenvalue weighted by Crippen LogP contribution is 2.38. The van der Waals surface area contributed by atoms with Crippen LogP contribution in [0.15, 0.2) is 0 Å². The van der Waals surface area contributed by atoms with Crippen LogP contribution in [0.1, 0.15) is 242 Å². The lowest BCUT2D eigenvalue weighted by Gasteiger charge is -2.50. The van der Waals surface area contributed by atoms with E-state index in [4.69, 9.17) is 14.3 Å². The fraction of sp³-hybridized carbons (Fsp3) is 0.978. The molecule has 0 bridgehead atoms. The van der Waals surface area contributed by atoms with E-state index >= 15 is 0 Å². The molecule has 5 nitrogen and oxygen atoms in total. The highest BCUT2D eigenvalue weighted by Gasteiger charge is 2.44. The SMILES string of the molecule is CCCCCCCCCCCCCCCCOC(C)(C)COCCCC(CC)CCCCCCCCCC(=O)ON1C(C)(C)CCCC1(C)C. The largest absolute Gasteiger partial charge is 0.378 e. The second kappa shape index (κ2) is 28.8. The first kappa shape index (κ1) is 47.4. The molecular weight excluding hydrogens is 618 g/mol. The Balaban J connectivity index is 1.93. The molecule has 50 heavy (non-hydrogen) atoms. The van der Waals surface area contributed by atoms with E-state index < -0.39 is 0 Å². The van der Waals surface area contributed by atoms with Crippen LogP contribution in [0.4, 0.5) is 0 Å². The lowest BCUT2D eigenvalue weighted by Crippen LogP contribution is -2.58. The molecule has 0 aromatic carbocycles. The van der Waals surface area contributed by atoms with Crippen LogP contribution in [0.5, 0.6) is 0 Å². The molecule has 1 fully saturated rings. The number of hydroxylamine groups is 2. The van der Waals surface area contributed by atoms with Gasteiger partial charge in [0, 0.05) is 19.6 Å². The summed E-state index contributed by atoms with van der Waals surface area (Å²) < 4.78 is 12.3. The van der Waals surface area contributed by atoms with Gasteiger partial charge in [0.15, 0.2) is 0 Å². The van der Waals surface area contributed by atoms with Gasteiger partial charge in [0.25, 0.3) is 0 Å². The van der Waals surface area contributed by atoms with Crippen LogP contribution in [0.25, 0.3) is 0 Å². The zero-order valence-electron chi connectivity index (χ0n) is 35.3. The summed E-state index contributed by atoms with van der Waals surface area (Å²) >= 11 is 0. The van der Waals surface area contributed by atoms with Crippen LogP contribution in [-0.4, -0.2) is 47.5 Å². The molecule has 1 unspecified atom stereocenters. The Morgan fingerprint density at radius 2 is 1.08 bits per heavy atom. The maximum absolute atomic E-state index is 12.6. The number of carbonyl (C=O) groups excluding carboxylic acids is 1. The Morgan fingerprint density at radius 3 is 1.60 bits per heavy atom. The van der Waals surface area contributed by atoms with Crippen LogP contribution < -0.4 is 0 Å². The van der Waals surface area contributed by atoms with E-state index in [9.17, 15) is 4.79 Å². The minimum Gasteiger partial charge on any atom is -0.378 e. The second-order valence-electron chi connectivity index (χ2n) is 17.9. The second-order valence-corrected chi connectivity index (χ2v) is 17.9. The molecule has 0 radical (unpaired) electrons. The van der Waals surface area contributed by atoms with Gasteiger partial charge in [-0.2, -0.15) is 0 Å². The lowest BCUT2D eigenvalue weighted by atomic mass is 9.82. The zero-order valence-corrected chi connectivity index (χ0v) is 35.3. The number of nitrogens with zero attached hydrogens (tertiary/aromatic N) is 1. The smallest absolute Gasteiger partial charge is 0.325 e. The van der Waals surface area contributed by atoms with Gasteiger partial charge in [-0.25, -0.2) is 0 Å². The highest BCUT2D eigenvalue weighted by atomic mass is 16.7. The van der Waals surface area contributed by atoms with Crippen molar-refractivity contribution in [2.75, 3.05) is 19.8 Å². The molecule has 298 valence electrons. The quantitative estimate of drug-likeness (QED) is 0.0623. The van der Waals surface area contributed by atoms with Crippen molar-refractivity contribution in [1.29, 1.82) is 0 Å². The lowest BCUT2D eigenvalue weighted by molar-refractivity contribution is -0.265. The van der Waals surface area contributed by atoms with Gasteiger partial charge in [-0.15, -0.1) is 5.06 Å². The number of ether oxygens (including phenoxy) is 2. The Hall–Kier alpha value is -0.650. The summed E-state index contributed by atoms with van der Waals surface area (Å²) in [7, 11) is 0. The molecule has 0 spiro atoms. The summed E-state index contributed by atoms with van der Waals surface area (Å²) in [6.07, 6.45) is 37.0. The molecule has 1 atom stereocenters. The van der Waals surface area contributed by atoms with Gasteiger partial charge in [0.05, 0.1) is 23.3 Å². The molecule has 1 heterocycles. The van der Waals surface area contributed by atoms with Gasteiger partial charge in [0.1, 0.15) is 0 Å². The maximum Gasteiger partial charge on any atom is 0.325 e. The molecule has 0 amide bonds. The van der Waals surface area contributed by atoms with Gasteiger partial charge in [0.2, 0.25) is 0 Å². The summed E-state index contributed by atoms with van der Waals surface area (Å²) in [6, 6.07) is 0. The van der Waals surface area contributed by atoms with E-state index in [1.807, 2.05) is 5.06 Å². The summed E-state index contributed by atoms with van der Waals surface area (Å²) in [4.78, 5) is 18.5. The normalized spacial score (nSPS) is 16.9. The van der Waals surface area contributed by atoms with Crippen molar-refractivity contribution >= 4 is 5.97 Å². The summed E-state index contributed by atoms with van der Waals surface area (Å²) in [5, 5.41) is 1.99. The highest BCUT2D eigenvalue weighted by molar-refractivity contribution is 5.69. The van der Waals surface area contributed by atoms with Crippen molar-refractivity contribution in [2.45, 2.75) is 258 Å².